The van der Waals surface area contributed by atoms with E-state index in [1.165, 1.54) is 11.8 Å². The number of Topliss-reactive ketones (excluding diaryl/α,β-unsaturated/α-hetero) is 1. The molecule has 0 saturated heterocycles. The van der Waals surface area contributed by atoms with Gasteiger partial charge in [-0.3, -0.25) is 9.59 Å². The molecule has 1 aliphatic rings. The minimum absolute atomic E-state index is 0.0837. The molecule has 33 heavy (non-hydrogen) atoms. The van der Waals surface area contributed by atoms with Crippen molar-refractivity contribution >= 4 is 23.5 Å². The fraction of sp³-hybridized carbons (Fsp3) is 0.500. The summed E-state index contributed by atoms with van der Waals surface area (Å²) in [5.74, 6) is -0.744. The summed E-state index contributed by atoms with van der Waals surface area (Å²) < 4.78 is 0. The topological polar surface area (TPSA) is 74.6 Å². The Hall–Kier alpha value is -2.11. The van der Waals surface area contributed by atoms with E-state index in [1.807, 2.05) is 48.6 Å². The third-order valence-electron chi connectivity index (χ3n) is 5.75. The van der Waals surface area contributed by atoms with Crippen LogP contribution in [0.5, 0.6) is 0 Å². The standard InChI is InChI=1S/C28H38O4S/c1-2-3-9-14-23(29)20-19-22-21-26(33-24-15-10-8-11-16-24)28(32)25(22)17-12-6-4-5-7-13-18-27(30)31/h8,10-11,15-17,19-23,29H,2-7,9,12-14,18H2,1H3,(H,30,31)/b20-19+,25-17-. The number of aliphatic hydroxyl groups excluding tert-OH is 1. The van der Waals surface area contributed by atoms with Gasteiger partial charge in [-0.1, -0.05) is 99.7 Å². The van der Waals surface area contributed by atoms with Crippen LogP contribution in [0.1, 0.15) is 77.6 Å². The number of carbonyl (C=O) groups excluding carboxylic acids is 1. The number of hydrogen-bond donors (Lipinski definition) is 2. The number of aliphatic carboxylic acids is 1. The van der Waals surface area contributed by atoms with Gasteiger partial charge in [0, 0.05) is 22.8 Å². The first-order chi connectivity index (χ1) is 16.0. The number of carbonyl (C=O) groups is 2. The molecule has 2 N–H and O–H groups in total. The van der Waals surface area contributed by atoms with E-state index in [9.17, 15) is 14.7 Å². The molecule has 0 amide bonds. The lowest BCUT2D eigenvalue weighted by Crippen LogP contribution is -2.05. The largest absolute Gasteiger partial charge is 0.481 e. The average Bonchev–Trinajstić information content (AvgIpc) is 3.09. The fourth-order valence-corrected chi connectivity index (χ4v) is 4.83. The van der Waals surface area contributed by atoms with Crippen LogP contribution in [0.4, 0.5) is 0 Å². The Kier molecular flexibility index (Phi) is 12.9. The van der Waals surface area contributed by atoms with Gasteiger partial charge in [0.15, 0.2) is 5.78 Å². The second-order valence-corrected chi connectivity index (χ2v) is 9.72. The molecule has 0 aliphatic heterocycles. The lowest BCUT2D eigenvalue weighted by atomic mass is 9.98. The van der Waals surface area contributed by atoms with E-state index in [0.29, 0.717) is 0 Å². The van der Waals surface area contributed by atoms with Gasteiger partial charge in [-0.25, -0.2) is 0 Å². The van der Waals surface area contributed by atoms with Gasteiger partial charge in [0.25, 0.3) is 0 Å². The summed E-state index contributed by atoms with van der Waals surface area (Å²) in [6.07, 6.45) is 17.2. The number of carboxylic acids is 1. The zero-order chi connectivity index (χ0) is 23.9. The number of carboxylic acid groups (broad SMARTS) is 1. The molecule has 180 valence electrons. The first kappa shape index (κ1) is 27.1. The number of aliphatic hydroxyl groups is 1. The number of thioether (sulfide) groups is 1. The van der Waals surface area contributed by atoms with Crippen molar-refractivity contribution < 1.29 is 19.8 Å². The van der Waals surface area contributed by atoms with E-state index >= 15 is 0 Å². The molecular formula is C28H38O4S. The number of unbranched alkanes of at least 4 members (excludes halogenated alkanes) is 7. The summed E-state index contributed by atoms with van der Waals surface area (Å²) >= 11 is 1.50. The van der Waals surface area contributed by atoms with Crippen molar-refractivity contribution in [1.29, 1.82) is 0 Å². The molecule has 2 rings (SSSR count). The van der Waals surface area contributed by atoms with Crippen LogP contribution in [0, 0.1) is 5.92 Å². The molecule has 0 aromatic heterocycles. The van der Waals surface area contributed by atoms with Crippen molar-refractivity contribution in [3.05, 3.63) is 65.1 Å². The molecular weight excluding hydrogens is 432 g/mol. The highest BCUT2D eigenvalue weighted by Gasteiger charge is 2.28. The van der Waals surface area contributed by atoms with Crippen molar-refractivity contribution in [3.63, 3.8) is 0 Å². The number of allylic oxidation sites excluding steroid dienone is 5. The quantitative estimate of drug-likeness (QED) is 0.153. The zero-order valence-electron chi connectivity index (χ0n) is 19.7. The Balaban J connectivity index is 1.96. The Labute approximate surface area is 202 Å². The predicted molar refractivity (Wildman–Crippen MR) is 136 cm³/mol. The van der Waals surface area contributed by atoms with Crippen LogP contribution in [0.2, 0.25) is 0 Å². The van der Waals surface area contributed by atoms with Crippen molar-refractivity contribution in [2.75, 3.05) is 0 Å². The van der Waals surface area contributed by atoms with Crippen LogP contribution in [0.3, 0.4) is 0 Å². The van der Waals surface area contributed by atoms with Gasteiger partial charge in [-0.05, 0) is 37.8 Å². The summed E-state index contributed by atoms with van der Waals surface area (Å²) in [4.78, 5) is 25.5. The zero-order valence-corrected chi connectivity index (χ0v) is 20.6. The van der Waals surface area contributed by atoms with Crippen molar-refractivity contribution in [3.8, 4) is 0 Å². The summed E-state index contributed by atoms with van der Waals surface area (Å²) in [5, 5.41) is 19.0. The predicted octanol–water partition coefficient (Wildman–Crippen LogP) is 7.10. The number of ketones is 1. The van der Waals surface area contributed by atoms with Gasteiger partial charge >= 0.3 is 5.97 Å². The van der Waals surface area contributed by atoms with Crippen LogP contribution >= 0.6 is 11.8 Å². The second kappa shape index (κ2) is 15.7. The highest BCUT2D eigenvalue weighted by molar-refractivity contribution is 8.04. The number of benzene rings is 1. The molecule has 0 bridgehead atoms. The molecule has 4 nitrogen and oxygen atoms in total. The molecule has 1 aromatic carbocycles. The maximum absolute atomic E-state index is 13.1. The third-order valence-corrected chi connectivity index (χ3v) is 6.80. The normalized spacial score (nSPS) is 18.2. The number of hydrogen-bond acceptors (Lipinski definition) is 4. The molecule has 0 radical (unpaired) electrons. The molecule has 1 aliphatic carbocycles. The number of rotatable bonds is 16. The third kappa shape index (κ3) is 10.6. The molecule has 0 spiro atoms. The molecule has 0 heterocycles. The molecule has 2 unspecified atom stereocenters. The van der Waals surface area contributed by atoms with Crippen LogP contribution < -0.4 is 0 Å². The fourth-order valence-electron chi connectivity index (χ4n) is 3.86. The summed E-state index contributed by atoms with van der Waals surface area (Å²) in [6.45, 7) is 2.15. The Bertz CT molecular complexity index is 826. The Morgan fingerprint density at radius 2 is 1.79 bits per heavy atom. The minimum Gasteiger partial charge on any atom is -0.481 e. The Morgan fingerprint density at radius 3 is 2.52 bits per heavy atom. The minimum atomic E-state index is -0.731. The van der Waals surface area contributed by atoms with Crippen molar-refractivity contribution in [2.24, 2.45) is 5.92 Å². The van der Waals surface area contributed by atoms with Gasteiger partial charge < -0.3 is 10.2 Å². The van der Waals surface area contributed by atoms with E-state index in [0.717, 1.165) is 79.6 Å². The maximum Gasteiger partial charge on any atom is 0.303 e. The van der Waals surface area contributed by atoms with Crippen LogP contribution in [0.15, 0.2) is 70.0 Å². The SMILES string of the molecule is CCCCCC(O)/C=C/C1C=C(Sc2ccccc2)C(=O)/C1=C\CCCCCCCC(=O)O. The van der Waals surface area contributed by atoms with Gasteiger partial charge in [-0.2, -0.15) is 0 Å². The van der Waals surface area contributed by atoms with Crippen molar-refractivity contribution in [1.82, 2.24) is 0 Å². The second-order valence-electron chi connectivity index (χ2n) is 8.61. The first-order valence-corrected chi connectivity index (χ1v) is 13.1. The van der Waals surface area contributed by atoms with Crippen molar-refractivity contribution in [2.45, 2.75) is 88.6 Å². The lowest BCUT2D eigenvalue weighted by molar-refractivity contribution is -0.137. The van der Waals surface area contributed by atoms with E-state index in [2.05, 4.69) is 13.0 Å². The van der Waals surface area contributed by atoms with Gasteiger partial charge in [0.05, 0.1) is 11.0 Å². The van der Waals surface area contributed by atoms with Gasteiger partial charge in [-0.15, -0.1) is 0 Å². The summed E-state index contributed by atoms with van der Waals surface area (Å²) in [5.41, 5.74) is 0.802. The first-order valence-electron chi connectivity index (χ1n) is 12.3. The molecule has 1 aromatic rings. The highest BCUT2D eigenvalue weighted by Crippen LogP contribution is 2.38. The summed E-state index contributed by atoms with van der Waals surface area (Å²) in [6, 6.07) is 9.92. The van der Waals surface area contributed by atoms with Crippen LogP contribution in [-0.2, 0) is 9.59 Å². The van der Waals surface area contributed by atoms with Crippen LogP contribution in [0.25, 0.3) is 0 Å². The average molecular weight is 471 g/mol. The molecule has 0 saturated carbocycles. The lowest BCUT2D eigenvalue weighted by Gasteiger charge is -2.08. The van der Waals surface area contributed by atoms with Gasteiger partial charge in [0.1, 0.15) is 0 Å². The Morgan fingerprint density at radius 1 is 1.06 bits per heavy atom. The van der Waals surface area contributed by atoms with Crippen LogP contribution in [-0.4, -0.2) is 28.1 Å². The molecule has 2 atom stereocenters. The smallest absolute Gasteiger partial charge is 0.303 e. The monoisotopic (exact) mass is 470 g/mol. The van der Waals surface area contributed by atoms with Gasteiger partial charge in [0.2, 0.25) is 0 Å². The highest BCUT2D eigenvalue weighted by atomic mass is 32.2. The van der Waals surface area contributed by atoms with E-state index in [-0.39, 0.29) is 18.1 Å². The molecule has 5 heteroatoms. The molecule has 0 fully saturated rings. The maximum atomic E-state index is 13.1. The van der Waals surface area contributed by atoms with E-state index < -0.39 is 12.1 Å². The summed E-state index contributed by atoms with van der Waals surface area (Å²) in [7, 11) is 0. The van der Waals surface area contributed by atoms with E-state index in [4.69, 9.17) is 5.11 Å². The van der Waals surface area contributed by atoms with E-state index in [1.54, 1.807) is 0 Å².